The van der Waals surface area contributed by atoms with E-state index in [0.717, 1.165) is 12.8 Å². The minimum absolute atomic E-state index is 0.120. The summed E-state index contributed by atoms with van der Waals surface area (Å²) in [5, 5.41) is 12.1. The third-order valence-corrected chi connectivity index (χ3v) is 2.64. The second-order valence-corrected chi connectivity index (χ2v) is 5.12. The van der Waals surface area contributed by atoms with Crippen molar-refractivity contribution in [3.63, 3.8) is 0 Å². The van der Waals surface area contributed by atoms with E-state index in [0.29, 0.717) is 19.3 Å². The molecule has 0 saturated heterocycles. The van der Waals surface area contributed by atoms with E-state index >= 15 is 0 Å². The molecule has 0 aromatic heterocycles. The molecule has 100 valence electrons. The molecule has 0 spiro atoms. The second-order valence-electron chi connectivity index (χ2n) is 5.12. The van der Waals surface area contributed by atoms with Gasteiger partial charge in [0.05, 0.1) is 17.7 Å². The molecule has 4 nitrogen and oxygen atoms in total. The highest BCUT2D eigenvalue weighted by Gasteiger charge is 2.15. The van der Waals surface area contributed by atoms with Gasteiger partial charge in [0, 0.05) is 26.4 Å². The van der Waals surface area contributed by atoms with Crippen molar-refractivity contribution in [3.8, 4) is 6.07 Å². The third kappa shape index (κ3) is 9.11. The molecule has 0 aliphatic carbocycles. The highest BCUT2D eigenvalue weighted by molar-refractivity contribution is 4.90. The van der Waals surface area contributed by atoms with Crippen LogP contribution in [0.5, 0.6) is 0 Å². The number of rotatable bonds is 9. The van der Waals surface area contributed by atoms with E-state index in [1.54, 1.807) is 7.11 Å². The van der Waals surface area contributed by atoms with Crippen molar-refractivity contribution in [2.75, 3.05) is 20.3 Å². The molecule has 0 bridgehead atoms. The summed E-state index contributed by atoms with van der Waals surface area (Å²) in [6, 6.07) is 2.44. The molecule has 0 heterocycles. The average Bonchev–Trinajstić information content (AvgIpc) is 2.26. The lowest BCUT2D eigenvalue weighted by Gasteiger charge is -2.22. The average molecular weight is 242 g/mol. The molecule has 17 heavy (non-hydrogen) atoms. The minimum atomic E-state index is -0.134. The topological polar surface area (TPSA) is 54.3 Å². The summed E-state index contributed by atoms with van der Waals surface area (Å²) in [5.74, 6) is 0. The second kappa shape index (κ2) is 8.46. The van der Waals surface area contributed by atoms with E-state index in [4.69, 9.17) is 14.7 Å². The SMILES string of the molecule is COC(C)(C)CCOCCC(C#N)NC(C)C. The van der Waals surface area contributed by atoms with Crippen molar-refractivity contribution in [1.82, 2.24) is 5.32 Å². The molecule has 1 N–H and O–H groups in total. The Hall–Kier alpha value is -0.630. The molecule has 0 aromatic carbocycles. The van der Waals surface area contributed by atoms with Crippen LogP contribution in [-0.2, 0) is 9.47 Å². The molecule has 0 radical (unpaired) electrons. The van der Waals surface area contributed by atoms with Gasteiger partial charge in [-0.25, -0.2) is 0 Å². The highest BCUT2D eigenvalue weighted by Crippen LogP contribution is 2.12. The summed E-state index contributed by atoms with van der Waals surface area (Å²) in [5.41, 5.74) is -0.134. The third-order valence-electron chi connectivity index (χ3n) is 2.64. The van der Waals surface area contributed by atoms with Crippen LogP contribution < -0.4 is 5.32 Å². The van der Waals surface area contributed by atoms with Crippen molar-refractivity contribution in [1.29, 1.82) is 5.26 Å². The van der Waals surface area contributed by atoms with Gasteiger partial charge in [-0.2, -0.15) is 5.26 Å². The van der Waals surface area contributed by atoms with Crippen LogP contribution in [-0.4, -0.2) is 38.0 Å². The van der Waals surface area contributed by atoms with Gasteiger partial charge in [-0.1, -0.05) is 0 Å². The van der Waals surface area contributed by atoms with Gasteiger partial charge in [0.15, 0.2) is 0 Å². The number of hydrogen-bond donors (Lipinski definition) is 1. The fraction of sp³-hybridized carbons (Fsp3) is 0.923. The number of nitrogens with one attached hydrogen (secondary N) is 1. The summed E-state index contributed by atoms with van der Waals surface area (Å²) in [6.07, 6.45) is 1.58. The maximum atomic E-state index is 8.91. The summed E-state index contributed by atoms with van der Waals surface area (Å²) in [7, 11) is 1.71. The minimum Gasteiger partial charge on any atom is -0.381 e. The first kappa shape index (κ1) is 16.4. The summed E-state index contributed by atoms with van der Waals surface area (Å²) in [6.45, 7) is 9.42. The molecule has 0 aliphatic rings. The van der Waals surface area contributed by atoms with Crippen molar-refractivity contribution in [2.45, 2.75) is 58.2 Å². The first-order chi connectivity index (χ1) is 7.91. The Balaban J connectivity index is 3.60. The Labute approximate surface area is 105 Å². The van der Waals surface area contributed by atoms with Crippen molar-refractivity contribution in [3.05, 3.63) is 0 Å². The first-order valence-corrected chi connectivity index (χ1v) is 6.20. The Morgan fingerprint density at radius 3 is 2.41 bits per heavy atom. The lowest BCUT2D eigenvalue weighted by atomic mass is 10.1. The summed E-state index contributed by atoms with van der Waals surface area (Å²) >= 11 is 0. The van der Waals surface area contributed by atoms with Gasteiger partial charge < -0.3 is 9.47 Å². The molecule has 0 saturated carbocycles. The molecule has 0 rings (SSSR count). The van der Waals surface area contributed by atoms with E-state index in [-0.39, 0.29) is 11.6 Å². The molecule has 0 aliphatic heterocycles. The van der Waals surface area contributed by atoms with Crippen LogP contribution in [0.3, 0.4) is 0 Å². The van der Waals surface area contributed by atoms with Crippen LogP contribution >= 0.6 is 0 Å². The van der Waals surface area contributed by atoms with Gasteiger partial charge in [-0.15, -0.1) is 0 Å². The molecule has 1 unspecified atom stereocenters. The molecule has 0 amide bonds. The molecule has 0 aromatic rings. The van der Waals surface area contributed by atoms with Crippen molar-refractivity contribution in [2.24, 2.45) is 0 Å². The Bertz CT molecular complexity index is 234. The monoisotopic (exact) mass is 242 g/mol. The van der Waals surface area contributed by atoms with Crippen LogP contribution in [0.4, 0.5) is 0 Å². The molecule has 1 atom stereocenters. The lowest BCUT2D eigenvalue weighted by Crippen LogP contribution is -2.34. The Morgan fingerprint density at radius 1 is 1.29 bits per heavy atom. The normalized spacial score (nSPS) is 13.7. The fourth-order valence-electron chi connectivity index (χ4n) is 1.31. The number of ether oxygens (including phenoxy) is 2. The zero-order chi connectivity index (χ0) is 13.3. The largest absolute Gasteiger partial charge is 0.381 e. The number of nitrogens with zero attached hydrogens (tertiary/aromatic N) is 1. The fourth-order valence-corrected chi connectivity index (χ4v) is 1.31. The van der Waals surface area contributed by atoms with Crippen LogP contribution in [0.15, 0.2) is 0 Å². The van der Waals surface area contributed by atoms with Gasteiger partial charge in [-0.05, 0) is 40.5 Å². The van der Waals surface area contributed by atoms with E-state index < -0.39 is 0 Å². The maximum absolute atomic E-state index is 8.91. The van der Waals surface area contributed by atoms with Crippen LogP contribution in [0.25, 0.3) is 0 Å². The standard InChI is InChI=1S/C13H26N2O2/c1-11(2)15-12(10-14)6-8-17-9-7-13(3,4)16-5/h11-12,15H,6-9H2,1-5H3. The van der Waals surface area contributed by atoms with Crippen LogP contribution in [0.2, 0.25) is 0 Å². The zero-order valence-corrected chi connectivity index (χ0v) is 11.7. The van der Waals surface area contributed by atoms with Gasteiger partial charge in [-0.3, -0.25) is 5.32 Å². The van der Waals surface area contributed by atoms with E-state index in [9.17, 15) is 0 Å². The number of hydrogen-bond acceptors (Lipinski definition) is 4. The quantitative estimate of drug-likeness (QED) is 0.629. The van der Waals surface area contributed by atoms with Crippen LogP contribution in [0, 0.1) is 11.3 Å². The predicted octanol–water partition coefficient (Wildman–Crippen LogP) is 2.10. The summed E-state index contributed by atoms with van der Waals surface area (Å²) in [4.78, 5) is 0. The first-order valence-electron chi connectivity index (χ1n) is 6.20. The molecular formula is C13H26N2O2. The van der Waals surface area contributed by atoms with Gasteiger partial charge in [0.25, 0.3) is 0 Å². The van der Waals surface area contributed by atoms with Gasteiger partial charge in [0.1, 0.15) is 0 Å². The maximum Gasteiger partial charge on any atom is 0.0976 e. The van der Waals surface area contributed by atoms with E-state index in [1.807, 2.05) is 27.7 Å². The van der Waals surface area contributed by atoms with Gasteiger partial charge in [0.2, 0.25) is 0 Å². The predicted molar refractivity (Wildman–Crippen MR) is 68.8 cm³/mol. The molecular weight excluding hydrogens is 216 g/mol. The zero-order valence-electron chi connectivity index (χ0n) is 11.7. The van der Waals surface area contributed by atoms with Crippen molar-refractivity contribution >= 4 is 0 Å². The number of nitriles is 1. The molecule has 4 heteroatoms. The highest BCUT2D eigenvalue weighted by atomic mass is 16.5. The Kier molecular flexibility index (Phi) is 8.15. The number of methoxy groups -OCH3 is 1. The molecule has 0 fully saturated rings. The smallest absolute Gasteiger partial charge is 0.0976 e. The lowest BCUT2D eigenvalue weighted by molar-refractivity contribution is -0.0103. The van der Waals surface area contributed by atoms with E-state index in [1.165, 1.54) is 0 Å². The Morgan fingerprint density at radius 2 is 1.94 bits per heavy atom. The van der Waals surface area contributed by atoms with Crippen LogP contribution in [0.1, 0.15) is 40.5 Å². The van der Waals surface area contributed by atoms with Gasteiger partial charge >= 0.3 is 0 Å². The van der Waals surface area contributed by atoms with E-state index in [2.05, 4.69) is 11.4 Å². The van der Waals surface area contributed by atoms with Crippen molar-refractivity contribution < 1.29 is 9.47 Å². The summed E-state index contributed by atoms with van der Waals surface area (Å²) < 4.78 is 10.8.